The molecule has 3 rings (SSSR count). The molecule has 10 heteroatoms. The third kappa shape index (κ3) is 4.69. The summed E-state index contributed by atoms with van der Waals surface area (Å²) in [5.74, 6) is -2.87. The van der Waals surface area contributed by atoms with Gasteiger partial charge in [0.25, 0.3) is 0 Å². The Morgan fingerprint density at radius 3 is 2.50 bits per heavy atom. The van der Waals surface area contributed by atoms with Crippen molar-refractivity contribution in [2.24, 2.45) is 0 Å². The number of aromatic nitrogens is 3. The lowest BCUT2D eigenvalue weighted by molar-refractivity contribution is -0.0419. The van der Waals surface area contributed by atoms with E-state index in [1.165, 1.54) is 0 Å². The Kier molecular flexibility index (Phi) is 7.29. The second-order valence-electron chi connectivity index (χ2n) is 10.0. The van der Waals surface area contributed by atoms with Crippen molar-refractivity contribution in [3.05, 3.63) is 45.7 Å². The van der Waals surface area contributed by atoms with Crippen molar-refractivity contribution < 1.29 is 23.0 Å². The van der Waals surface area contributed by atoms with Crippen molar-refractivity contribution in [3.8, 4) is 0 Å². The molecule has 0 saturated carbocycles. The highest BCUT2D eigenvalue weighted by atomic mass is 79.9. The van der Waals surface area contributed by atoms with E-state index in [9.17, 15) is 18.3 Å². The molecule has 1 N–H and O–H groups in total. The first kappa shape index (κ1) is 25.4. The highest BCUT2D eigenvalue weighted by Gasteiger charge is 2.54. The van der Waals surface area contributed by atoms with Crippen LogP contribution >= 0.6 is 15.9 Å². The van der Waals surface area contributed by atoms with Gasteiger partial charge >= 0.3 is 0 Å². The molecule has 1 aliphatic rings. The van der Waals surface area contributed by atoms with Crippen LogP contribution in [0.4, 0.5) is 13.2 Å². The van der Waals surface area contributed by atoms with E-state index >= 15 is 0 Å². The number of hydrogen-bond acceptors (Lipinski definition) is 4. The molecule has 178 valence electrons. The van der Waals surface area contributed by atoms with E-state index in [4.69, 9.17) is 4.74 Å². The van der Waals surface area contributed by atoms with Gasteiger partial charge in [-0.3, -0.25) is 0 Å². The van der Waals surface area contributed by atoms with Crippen molar-refractivity contribution in [1.29, 1.82) is 0 Å². The van der Waals surface area contributed by atoms with Crippen LogP contribution in [0, 0.1) is 17.5 Å². The summed E-state index contributed by atoms with van der Waals surface area (Å²) >= 11 is 3.31. The number of ether oxygens (including phenoxy) is 1. The standard InChI is InChI=1S/C22H31BrF3N3O2Si/c1-21(2,3)32(4,5)22(30,15-12-14(24)13-16(25)19(15)26)10-9-17-27-20(23)28-29(17)18-8-6-7-11-31-18/h12-13,18,30H,6-11H2,1-5H3. The van der Waals surface area contributed by atoms with Gasteiger partial charge in [-0.1, -0.05) is 33.9 Å². The molecule has 32 heavy (non-hydrogen) atoms. The number of halogens is 4. The van der Waals surface area contributed by atoms with Crippen molar-refractivity contribution in [3.63, 3.8) is 0 Å². The number of aryl methyl sites for hydroxylation is 1. The summed E-state index contributed by atoms with van der Waals surface area (Å²) in [5, 5.41) is 14.3. The molecule has 1 saturated heterocycles. The van der Waals surface area contributed by atoms with Gasteiger partial charge < -0.3 is 9.84 Å². The second-order valence-corrected chi connectivity index (χ2v) is 16.3. The monoisotopic (exact) mass is 533 g/mol. The third-order valence-electron chi connectivity index (χ3n) is 7.16. The van der Waals surface area contributed by atoms with E-state index in [-0.39, 0.29) is 24.6 Å². The first-order chi connectivity index (χ1) is 14.8. The van der Waals surface area contributed by atoms with Gasteiger partial charge in [-0.05, 0) is 52.7 Å². The summed E-state index contributed by atoms with van der Waals surface area (Å²) in [4.78, 5) is 4.44. The van der Waals surface area contributed by atoms with E-state index in [1.807, 2.05) is 33.9 Å². The maximum Gasteiger partial charge on any atom is 0.217 e. The van der Waals surface area contributed by atoms with Crippen LogP contribution < -0.4 is 0 Å². The smallest absolute Gasteiger partial charge is 0.217 e. The quantitative estimate of drug-likeness (QED) is 0.364. The zero-order valence-electron chi connectivity index (χ0n) is 19.2. The van der Waals surface area contributed by atoms with Gasteiger partial charge in [0.05, 0.1) is 13.3 Å². The minimum atomic E-state index is -2.80. The van der Waals surface area contributed by atoms with Gasteiger partial charge in [0.1, 0.15) is 11.6 Å². The Balaban J connectivity index is 2.04. The molecule has 2 aromatic rings. The van der Waals surface area contributed by atoms with Crippen LogP contribution in [-0.2, 0) is 16.4 Å². The normalized spacial score (nSPS) is 19.8. The van der Waals surface area contributed by atoms with Gasteiger partial charge in [-0.15, -0.1) is 5.10 Å². The highest BCUT2D eigenvalue weighted by Crippen LogP contribution is 2.50. The van der Waals surface area contributed by atoms with Gasteiger partial charge in [-0.2, -0.15) is 0 Å². The van der Waals surface area contributed by atoms with Crippen molar-refractivity contribution in [1.82, 2.24) is 14.8 Å². The molecule has 0 spiro atoms. The molecule has 1 aromatic carbocycles. The lowest BCUT2D eigenvalue weighted by atomic mass is 10.0. The number of rotatable bonds is 6. The van der Waals surface area contributed by atoms with Crippen LogP contribution in [0.3, 0.4) is 0 Å². The molecule has 5 nitrogen and oxygen atoms in total. The summed E-state index contributed by atoms with van der Waals surface area (Å²) in [6.45, 7) is 10.4. The van der Waals surface area contributed by atoms with Crippen molar-refractivity contribution in [2.45, 2.75) is 82.5 Å². The highest BCUT2D eigenvalue weighted by molar-refractivity contribution is 9.10. The number of benzene rings is 1. The van der Waals surface area contributed by atoms with Gasteiger partial charge in [0, 0.05) is 24.7 Å². The Bertz CT molecular complexity index is 974. The number of aliphatic hydroxyl groups is 1. The molecular weight excluding hydrogens is 503 g/mol. The van der Waals surface area contributed by atoms with Crippen LogP contribution in [0.5, 0.6) is 0 Å². The topological polar surface area (TPSA) is 60.2 Å². The van der Waals surface area contributed by atoms with Crippen LogP contribution in [0.1, 0.15) is 64.1 Å². The fourth-order valence-electron chi connectivity index (χ4n) is 4.20. The zero-order chi connectivity index (χ0) is 23.9. The van der Waals surface area contributed by atoms with E-state index < -0.39 is 35.8 Å². The first-order valence-electron chi connectivity index (χ1n) is 10.9. The fraction of sp³-hybridized carbons (Fsp3) is 0.636. The predicted octanol–water partition coefficient (Wildman–Crippen LogP) is 6.03. The molecule has 1 fully saturated rings. The first-order valence-corrected chi connectivity index (χ1v) is 14.7. The molecule has 2 unspecified atom stereocenters. The Morgan fingerprint density at radius 2 is 1.91 bits per heavy atom. The molecular formula is C22H31BrF3N3O2Si. The summed E-state index contributed by atoms with van der Waals surface area (Å²) < 4.78 is 51.2. The lowest BCUT2D eigenvalue weighted by Crippen LogP contribution is -2.58. The van der Waals surface area contributed by atoms with Crippen LogP contribution in [-0.4, -0.2) is 34.6 Å². The molecule has 2 atom stereocenters. The van der Waals surface area contributed by atoms with Crippen molar-refractivity contribution >= 4 is 24.0 Å². The lowest BCUT2D eigenvalue weighted by Gasteiger charge is -2.49. The molecule has 0 bridgehead atoms. The fourth-order valence-corrected chi connectivity index (χ4v) is 7.42. The largest absolute Gasteiger partial charge is 0.389 e. The molecule has 0 aliphatic carbocycles. The van der Waals surface area contributed by atoms with Crippen LogP contribution in [0.2, 0.25) is 18.1 Å². The number of nitrogens with zero attached hydrogens (tertiary/aromatic N) is 3. The Labute approximate surface area is 196 Å². The second kappa shape index (κ2) is 9.19. The average Bonchev–Trinajstić information content (AvgIpc) is 3.09. The van der Waals surface area contributed by atoms with E-state index in [1.54, 1.807) is 4.68 Å². The number of hydrogen-bond donors (Lipinski definition) is 1. The van der Waals surface area contributed by atoms with Crippen molar-refractivity contribution in [2.75, 3.05) is 6.61 Å². The molecule has 1 aliphatic heterocycles. The molecule has 0 amide bonds. The SMILES string of the molecule is CC(C)(C)[Si](C)(C)C(O)(CCc1nc(Br)nn1C1CCCCO1)c1cc(F)cc(F)c1F. The van der Waals surface area contributed by atoms with Gasteiger partial charge in [0.2, 0.25) is 4.73 Å². The maximum absolute atomic E-state index is 15.0. The van der Waals surface area contributed by atoms with Crippen LogP contribution in [0.15, 0.2) is 16.9 Å². The summed E-state index contributed by atoms with van der Waals surface area (Å²) in [6, 6.07) is 1.42. The Hall–Kier alpha value is -1.23. The van der Waals surface area contributed by atoms with Gasteiger partial charge in [0.15, 0.2) is 17.9 Å². The summed E-state index contributed by atoms with van der Waals surface area (Å²) in [7, 11) is -2.80. The predicted molar refractivity (Wildman–Crippen MR) is 122 cm³/mol. The van der Waals surface area contributed by atoms with E-state index in [2.05, 4.69) is 26.0 Å². The molecule has 1 aromatic heterocycles. The average molecular weight is 534 g/mol. The van der Waals surface area contributed by atoms with E-state index in [0.717, 1.165) is 25.3 Å². The van der Waals surface area contributed by atoms with Crippen LogP contribution in [0.25, 0.3) is 0 Å². The summed E-state index contributed by atoms with van der Waals surface area (Å²) in [6.07, 6.45) is 2.79. The van der Waals surface area contributed by atoms with E-state index in [0.29, 0.717) is 23.2 Å². The minimum Gasteiger partial charge on any atom is -0.389 e. The maximum atomic E-state index is 15.0. The zero-order valence-corrected chi connectivity index (χ0v) is 21.8. The molecule has 2 heterocycles. The summed E-state index contributed by atoms with van der Waals surface area (Å²) in [5.41, 5.74) is -0.333. The molecule has 0 radical (unpaired) electrons. The Morgan fingerprint density at radius 1 is 1.22 bits per heavy atom. The van der Waals surface area contributed by atoms with Gasteiger partial charge in [-0.25, -0.2) is 22.8 Å². The minimum absolute atomic E-state index is 0.0428. The third-order valence-corrected chi connectivity index (χ3v) is 13.8.